The molecule has 0 aromatic rings. The predicted octanol–water partition coefficient (Wildman–Crippen LogP) is 5.91. The molecular weight excluding hydrogens is 216 g/mol. The van der Waals surface area contributed by atoms with Crippen molar-refractivity contribution in [2.75, 3.05) is 0 Å². The molecule has 0 amide bonds. The first-order valence-electron chi connectivity index (χ1n) is 8.63. The minimum absolute atomic E-state index is 0.757. The summed E-state index contributed by atoms with van der Waals surface area (Å²) in [5, 5.41) is 0. The highest BCUT2D eigenvalue weighted by molar-refractivity contribution is 5.17. The van der Waals surface area contributed by atoms with Crippen LogP contribution in [0.3, 0.4) is 0 Å². The van der Waals surface area contributed by atoms with Crippen molar-refractivity contribution in [2.24, 2.45) is 35.0 Å². The normalized spacial score (nSPS) is 46.8. The monoisotopic (exact) mass is 250 g/mol. The van der Waals surface area contributed by atoms with E-state index in [-0.39, 0.29) is 0 Å². The third kappa shape index (κ3) is 2.04. The molecule has 6 atom stereocenters. The minimum atomic E-state index is 0.757. The molecule has 2 aliphatic carbocycles. The Morgan fingerprint density at radius 3 is 2.28 bits per heavy atom. The molecule has 2 aliphatic rings. The van der Waals surface area contributed by atoms with Gasteiger partial charge < -0.3 is 0 Å². The minimum Gasteiger partial charge on any atom is -0.0654 e. The first-order chi connectivity index (χ1) is 8.63. The van der Waals surface area contributed by atoms with Crippen LogP contribution in [0.15, 0.2) is 0 Å². The van der Waals surface area contributed by atoms with Crippen LogP contribution in [0, 0.1) is 35.0 Å². The molecule has 0 nitrogen and oxygen atoms in total. The lowest BCUT2D eigenvalue weighted by molar-refractivity contribution is 0.106. The van der Waals surface area contributed by atoms with Crippen molar-refractivity contribution >= 4 is 0 Å². The number of unbranched alkanes of at least 4 members (excludes halogenated alkanes) is 1. The van der Waals surface area contributed by atoms with E-state index in [1.54, 1.807) is 0 Å². The molecule has 2 unspecified atom stereocenters. The van der Waals surface area contributed by atoms with Crippen LogP contribution in [0.5, 0.6) is 0 Å². The van der Waals surface area contributed by atoms with E-state index in [0.717, 1.165) is 35.0 Å². The quantitative estimate of drug-likeness (QED) is 0.549. The summed E-state index contributed by atoms with van der Waals surface area (Å²) in [5.41, 5.74) is 0.757. The molecule has 0 saturated heterocycles. The fourth-order valence-electron chi connectivity index (χ4n) is 5.70. The molecule has 0 aromatic carbocycles. The lowest BCUT2D eigenvalue weighted by Crippen LogP contribution is -2.31. The molecule has 0 bridgehead atoms. The number of rotatable bonds is 6. The molecule has 18 heavy (non-hydrogen) atoms. The number of hydrogen-bond donors (Lipinski definition) is 0. The molecule has 2 fully saturated rings. The predicted molar refractivity (Wildman–Crippen MR) is 80.6 cm³/mol. The van der Waals surface area contributed by atoms with Crippen molar-refractivity contribution in [1.82, 2.24) is 0 Å². The molecule has 0 radical (unpaired) electrons. The van der Waals surface area contributed by atoms with Crippen molar-refractivity contribution in [3.63, 3.8) is 0 Å². The van der Waals surface area contributed by atoms with E-state index in [1.165, 1.54) is 44.9 Å². The maximum Gasteiger partial charge on any atom is -0.0207 e. The zero-order valence-electron chi connectivity index (χ0n) is 13.3. The fraction of sp³-hybridized carbons (Fsp3) is 1.00. The second-order valence-corrected chi connectivity index (χ2v) is 7.29. The summed E-state index contributed by atoms with van der Waals surface area (Å²) < 4.78 is 0. The van der Waals surface area contributed by atoms with Gasteiger partial charge in [-0.3, -0.25) is 0 Å². The Balaban J connectivity index is 2.14. The van der Waals surface area contributed by atoms with E-state index in [1.807, 2.05) is 0 Å². The third-order valence-corrected chi connectivity index (χ3v) is 6.66. The van der Waals surface area contributed by atoms with Gasteiger partial charge in [0.05, 0.1) is 0 Å². The van der Waals surface area contributed by atoms with E-state index < -0.39 is 0 Å². The van der Waals surface area contributed by atoms with Crippen LogP contribution >= 0.6 is 0 Å². The Kier molecular flexibility index (Phi) is 4.44. The highest BCUT2D eigenvalue weighted by Gasteiger charge is 2.69. The Labute approximate surface area is 115 Å². The van der Waals surface area contributed by atoms with Crippen molar-refractivity contribution in [3.8, 4) is 0 Å². The van der Waals surface area contributed by atoms with Crippen LogP contribution < -0.4 is 0 Å². The standard InChI is InChI=1S/C18H34/c1-6-9-11-16-17-15(10-7-2)12-13(4)14(5)18(16,17)8-3/h13-17H,6-12H2,1-5H3/t13?,14-,15+,16-,17-,18?/m1/s1. The van der Waals surface area contributed by atoms with E-state index in [2.05, 4.69) is 34.6 Å². The smallest absolute Gasteiger partial charge is 0.0207 e. The molecule has 0 aromatic heterocycles. The highest BCUT2D eigenvalue weighted by atomic mass is 14.7. The third-order valence-electron chi connectivity index (χ3n) is 6.66. The lowest BCUT2D eigenvalue weighted by Gasteiger charge is -2.38. The Hall–Kier alpha value is 0. The zero-order valence-corrected chi connectivity index (χ0v) is 13.3. The van der Waals surface area contributed by atoms with Crippen LogP contribution in [0.4, 0.5) is 0 Å². The largest absolute Gasteiger partial charge is 0.0654 e. The number of hydrogen-bond acceptors (Lipinski definition) is 0. The Morgan fingerprint density at radius 1 is 1.00 bits per heavy atom. The maximum atomic E-state index is 2.56. The van der Waals surface area contributed by atoms with Crippen LogP contribution in [0.2, 0.25) is 0 Å². The van der Waals surface area contributed by atoms with Gasteiger partial charge in [0, 0.05) is 0 Å². The van der Waals surface area contributed by atoms with E-state index in [4.69, 9.17) is 0 Å². The second-order valence-electron chi connectivity index (χ2n) is 7.29. The van der Waals surface area contributed by atoms with Gasteiger partial charge in [-0.2, -0.15) is 0 Å². The van der Waals surface area contributed by atoms with Crippen LogP contribution in [0.1, 0.15) is 79.6 Å². The van der Waals surface area contributed by atoms with Gasteiger partial charge in [0.25, 0.3) is 0 Å². The fourth-order valence-corrected chi connectivity index (χ4v) is 5.70. The van der Waals surface area contributed by atoms with Gasteiger partial charge in [-0.05, 0) is 54.3 Å². The topological polar surface area (TPSA) is 0 Å². The maximum absolute atomic E-state index is 2.56. The summed E-state index contributed by atoms with van der Waals surface area (Å²) in [4.78, 5) is 0. The molecule has 0 N–H and O–H groups in total. The van der Waals surface area contributed by atoms with Crippen molar-refractivity contribution in [1.29, 1.82) is 0 Å². The molecule has 0 spiro atoms. The van der Waals surface area contributed by atoms with Crippen molar-refractivity contribution < 1.29 is 0 Å². The van der Waals surface area contributed by atoms with E-state index in [0.29, 0.717) is 0 Å². The summed E-state index contributed by atoms with van der Waals surface area (Å²) in [6.07, 6.45) is 10.2. The summed E-state index contributed by atoms with van der Waals surface area (Å²) >= 11 is 0. The Bertz CT molecular complexity index is 269. The van der Waals surface area contributed by atoms with Crippen LogP contribution in [-0.4, -0.2) is 0 Å². The SMILES string of the molecule is CCCC[C@@H]1[C@H]2[C@@H](CCC)CC(C)[C@@H](C)C21CC. The van der Waals surface area contributed by atoms with Gasteiger partial charge in [0.15, 0.2) is 0 Å². The molecular formula is C18H34. The summed E-state index contributed by atoms with van der Waals surface area (Å²) in [5.74, 6) is 5.17. The average Bonchev–Trinajstić information content (AvgIpc) is 3.03. The van der Waals surface area contributed by atoms with Gasteiger partial charge >= 0.3 is 0 Å². The van der Waals surface area contributed by atoms with Crippen molar-refractivity contribution in [2.45, 2.75) is 79.6 Å². The number of fused-ring (bicyclic) bond motifs is 1. The van der Waals surface area contributed by atoms with Gasteiger partial charge in [-0.15, -0.1) is 0 Å². The van der Waals surface area contributed by atoms with Gasteiger partial charge in [0.1, 0.15) is 0 Å². The lowest BCUT2D eigenvalue weighted by atomic mass is 9.67. The molecule has 106 valence electrons. The van der Waals surface area contributed by atoms with E-state index in [9.17, 15) is 0 Å². The van der Waals surface area contributed by atoms with Crippen LogP contribution in [0.25, 0.3) is 0 Å². The summed E-state index contributed by atoms with van der Waals surface area (Å²) in [7, 11) is 0. The van der Waals surface area contributed by atoms with Crippen molar-refractivity contribution in [3.05, 3.63) is 0 Å². The molecule has 0 aliphatic heterocycles. The average molecular weight is 250 g/mol. The highest BCUT2D eigenvalue weighted by Crippen LogP contribution is 2.75. The first-order valence-corrected chi connectivity index (χ1v) is 8.63. The molecule has 0 heterocycles. The van der Waals surface area contributed by atoms with Gasteiger partial charge in [0.2, 0.25) is 0 Å². The molecule has 0 heteroatoms. The van der Waals surface area contributed by atoms with Gasteiger partial charge in [-0.25, -0.2) is 0 Å². The summed E-state index contributed by atoms with van der Waals surface area (Å²) in [6.45, 7) is 12.3. The molecule has 2 rings (SSSR count). The Morgan fingerprint density at radius 2 is 1.72 bits per heavy atom. The second kappa shape index (κ2) is 5.55. The molecule has 2 saturated carbocycles. The summed E-state index contributed by atoms with van der Waals surface area (Å²) in [6, 6.07) is 0. The van der Waals surface area contributed by atoms with E-state index >= 15 is 0 Å². The first kappa shape index (κ1) is 14.4. The zero-order chi connectivity index (χ0) is 13.3. The van der Waals surface area contributed by atoms with Crippen LogP contribution in [-0.2, 0) is 0 Å². The van der Waals surface area contributed by atoms with Gasteiger partial charge in [-0.1, -0.05) is 60.3 Å².